The van der Waals surface area contributed by atoms with Gasteiger partial charge in [0.1, 0.15) is 0 Å². The number of hydrogen-bond acceptors (Lipinski definition) is 6. The van der Waals surface area contributed by atoms with Gasteiger partial charge in [-0.05, 0) is 0 Å². The van der Waals surface area contributed by atoms with E-state index in [9.17, 15) is 0 Å². The Bertz CT molecular complexity index is 833. The number of anilines is 4. The Morgan fingerprint density at radius 3 is 1.30 bits per heavy atom. The minimum absolute atomic E-state index is 0.130. The fourth-order valence-electron chi connectivity index (χ4n) is 3.92. The minimum atomic E-state index is 0.130. The Kier molecular flexibility index (Phi) is 6.99. The molecule has 0 radical (unpaired) electrons. The van der Waals surface area contributed by atoms with Crippen LogP contribution in [0.25, 0.3) is 0 Å². The predicted molar refractivity (Wildman–Crippen MR) is 130 cm³/mol. The second kappa shape index (κ2) is 9.15. The van der Waals surface area contributed by atoms with Gasteiger partial charge < -0.3 is 0 Å². The second-order valence-corrected chi connectivity index (χ2v) is 9.26. The molecule has 0 unspecified atom stereocenters. The Labute approximate surface area is 193 Å². The molecule has 0 saturated carbocycles. The van der Waals surface area contributed by atoms with Crippen molar-refractivity contribution in [3.8, 4) is 0 Å². The molecule has 6 nitrogen and oxygen atoms in total. The fraction of sp³-hybridized carbons (Fsp3) is 0.381. The van der Waals surface area contributed by atoms with Gasteiger partial charge in [0.05, 0.1) is 0 Å². The summed E-state index contributed by atoms with van der Waals surface area (Å²) >= 11 is 3.62. The molecule has 1 aliphatic rings. The number of hydrogen-bond donors (Lipinski definition) is 0. The first kappa shape index (κ1) is 22.9. The van der Waals surface area contributed by atoms with Gasteiger partial charge >= 0.3 is 193 Å². The molecular formula is C21H32B2N6Pd. The van der Waals surface area contributed by atoms with E-state index in [-0.39, 0.29) is 13.7 Å². The van der Waals surface area contributed by atoms with E-state index in [1.807, 2.05) is 0 Å². The van der Waals surface area contributed by atoms with E-state index in [1.165, 1.54) is 22.7 Å². The van der Waals surface area contributed by atoms with E-state index in [0.717, 1.165) is 4.23 Å². The quantitative estimate of drug-likeness (QED) is 0.566. The van der Waals surface area contributed by atoms with Gasteiger partial charge in [0, 0.05) is 0 Å². The van der Waals surface area contributed by atoms with Crippen LogP contribution >= 0.6 is 0 Å². The SMILES string of the molecule is CN(C)B1B(N(C)C)N(c2cccc(N(C)C)c2)[C](=[Pd])N1c1cccc(N(C)C)c1. The van der Waals surface area contributed by atoms with Crippen LogP contribution in [0.5, 0.6) is 0 Å². The molecule has 162 valence electrons. The standard InChI is InChI=1S/C21H32B2N6.Pd/c1-24(2)18-11-9-13-20(15-18)28-17-29(23(27(7)8)22(28)26(5)6)21-14-10-12-19(16-21)25(3)4;/h9-16H,1-8H3;. The number of rotatable bonds is 6. The summed E-state index contributed by atoms with van der Waals surface area (Å²) in [5, 5.41) is 0. The molecule has 1 aliphatic heterocycles. The van der Waals surface area contributed by atoms with Crippen molar-refractivity contribution < 1.29 is 18.7 Å². The molecule has 2 aromatic rings. The van der Waals surface area contributed by atoms with Gasteiger partial charge in [0.2, 0.25) is 0 Å². The molecule has 0 spiro atoms. The Balaban J connectivity index is 2.14. The Morgan fingerprint density at radius 1 is 0.633 bits per heavy atom. The van der Waals surface area contributed by atoms with Crippen LogP contribution in [0.2, 0.25) is 0 Å². The van der Waals surface area contributed by atoms with Crippen molar-refractivity contribution >= 4 is 40.7 Å². The molecule has 0 bridgehead atoms. The van der Waals surface area contributed by atoms with Gasteiger partial charge in [-0.15, -0.1) is 0 Å². The monoisotopic (exact) mass is 496 g/mol. The number of benzene rings is 2. The molecule has 1 fully saturated rings. The molecule has 1 heterocycles. The zero-order valence-electron chi connectivity index (χ0n) is 19.3. The molecular weight excluding hydrogens is 464 g/mol. The molecule has 30 heavy (non-hydrogen) atoms. The third kappa shape index (κ3) is 4.31. The average molecular weight is 497 g/mol. The zero-order chi connectivity index (χ0) is 22.2. The normalized spacial score (nSPS) is 14.5. The van der Waals surface area contributed by atoms with Crippen molar-refractivity contribution in [3.05, 3.63) is 48.5 Å². The van der Waals surface area contributed by atoms with Crippen LogP contribution in [0.1, 0.15) is 0 Å². The van der Waals surface area contributed by atoms with Crippen molar-refractivity contribution in [1.29, 1.82) is 0 Å². The summed E-state index contributed by atoms with van der Waals surface area (Å²) in [6.45, 7) is 0.259. The summed E-state index contributed by atoms with van der Waals surface area (Å²) < 4.78 is 1.07. The average Bonchev–Trinajstić information content (AvgIpc) is 3.01. The van der Waals surface area contributed by atoms with Crippen LogP contribution in [-0.2, 0) is 18.7 Å². The first-order valence-corrected chi connectivity index (χ1v) is 10.9. The van der Waals surface area contributed by atoms with Gasteiger partial charge in [-0.2, -0.15) is 0 Å². The van der Waals surface area contributed by atoms with E-state index in [4.69, 9.17) is 0 Å². The summed E-state index contributed by atoms with van der Waals surface area (Å²) in [5.74, 6) is 0. The molecule has 9 heteroatoms. The maximum atomic E-state index is 3.62. The molecule has 0 N–H and O–H groups in total. The van der Waals surface area contributed by atoms with Gasteiger partial charge in [0.25, 0.3) is 0 Å². The first-order chi connectivity index (χ1) is 14.1. The van der Waals surface area contributed by atoms with Gasteiger partial charge in [-0.25, -0.2) is 0 Å². The summed E-state index contributed by atoms with van der Waals surface area (Å²) in [5.41, 5.74) is 4.70. The number of nitrogens with zero attached hydrogens (tertiary/aromatic N) is 6. The van der Waals surface area contributed by atoms with Crippen molar-refractivity contribution in [1.82, 2.24) is 9.62 Å². The molecule has 2 aromatic carbocycles. The van der Waals surface area contributed by atoms with Crippen LogP contribution in [-0.4, -0.2) is 84.0 Å². The van der Waals surface area contributed by atoms with Crippen molar-refractivity contribution in [2.24, 2.45) is 0 Å². The zero-order valence-corrected chi connectivity index (χ0v) is 20.8. The maximum absolute atomic E-state index is 3.62. The van der Waals surface area contributed by atoms with E-state index in [2.05, 4.69) is 153 Å². The molecule has 3 rings (SSSR count). The Morgan fingerprint density at radius 2 is 1.00 bits per heavy atom. The van der Waals surface area contributed by atoms with Crippen molar-refractivity contribution in [3.63, 3.8) is 0 Å². The molecule has 0 atom stereocenters. The summed E-state index contributed by atoms with van der Waals surface area (Å²) in [6, 6.07) is 17.4. The van der Waals surface area contributed by atoms with Crippen LogP contribution < -0.4 is 19.4 Å². The van der Waals surface area contributed by atoms with Crippen LogP contribution in [0.3, 0.4) is 0 Å². The van der Waals surface area contributed by atoms with E-state index in [0.29, 0.717) is 0 Å². The second-order valence-electron chi connectivity index (χ2n) is 8.56. The summed E-state index contributed by atoms with van der Waals surface area (Å²) in [7, 11) is 16.9. The van der Waals surface area contributed by atoms with Crippen molar-refractivity contribution in [2.75, 3.05) is 75.8 Å². The molecule has 0 aromatic heterocycles. The Hall–Kier alpha value is -1.78. The van der Waals surface area contributed by atoms with Gasteiger partial charge in [0.15, 0.2) is 0 Å². The van der Waals surface area contributed by atoms with Gasteiger partial charge in [-0.1, -0.05) is 0 Å². The predicted octanol–water partition coefficient (Wildman–Crippen LogP) is 1.96. The molecule has 1 saturated heterocycles. The van der Waals surface area contributed by atoms with E-state index in [1.54, 1.807) is 0 Å². The van der Waals surface area contributed by atoms with Crippen LogP contribution in [0, 0.1) is 0 Å². The topological polar surface area (TPSA) is 19.4 Å². The third-order valence-electron chi connectivity index (χ3n) is 5.47. The first-order valence-electron chi connectivity index (χ1n) is 10.1. The molecule has 0 amide bonds. The molecule has 0 aliphatic carbocycles. The summed E-state index contributed by atoms with van der Waals surface area (Å²) in [6.07, 6.45) is 0. The third-order valence-corrected chi connectivity index (χ3v) is 6.22. The van der Waals surface area contributed by atoms with Crippen LogP contribution in [0.15, 0.2) is 48.5 Å². The van der Waals surface area contributed by atoms with E-state index >= 15 is 0 Å². The van der Waals surface area contributed by atoms with Crippen LogP contribution in [0.4, 0.5) is 22.7 Å². The summed E-state index contributed by atoms with van der Waals surface area (Å²) in [4.78, 5) is 13.6. The van der Waals surface area contributed by atoms with Crippen molar-refractivity contribution in [2.45, 2.75) is 0 Å². The fourth-order valence-corrected chi connectivity index (χ4v) is 4.74. The van der Waals surface area contributed by atoms with Gasteiger partial charge in [-0.3, -0.25) is 0 Å². The van der Waals surface area contributed by atoms with E-state index < -0.39 is 0 Å².